The molecule has 8 nitrogen and oxygen atoms in total. The number of amides is 2. The molecule has 0 saturated carbocycles. The zero-order valence-corrected chi connectivity index (χ0v) is 17.6. The number of hydrogen-bond donors (Lipinski definition) is 3. The van der Waals surface area contributed by atoms with Crippen LogP contribution in [0.4, 0.5) is 0 Å². The monoisotopic (exact) mass is 413 g/mol. The molecule has 0 unspecified atom stereocenters. The number of fused-ring (bicyclic) bond motifs is 2. The summed E-state index contributed by atoms with van der Waals surface area (Å²) in [4.78, 5) is 32.4. The van der Waals surface area contributed by atoms with Gasteiger partial charge in [0.15, 0.2) is 0 Å². The number of nitrogens with zero attached hydrogens (tertiary/aromatic N) is 3. The summed E-state index contributed by atoms with van der Waals surface area (Å²) in [5.41, 5.74) is 2.27. The second-order valence-electron chi connectivity index (χ2n) is 8.55. The number of nitrogens with one attached hydrogen (secondary N) is 2. The third kappa shape index (κ3) is 3.94. The number of imidazole rings is 1. The van der Waals surface area contributed by atoms with Gasteiger partial charge in [0.05, 0.1) is 12.1 Å². The number of aromatic nitrogens is 2. The van der Waals surface area contributed by atoms with Gasteiger partial charge in [0.25, 0.3) is 0 Å². The summed E-state index contributed by atoms with van der Waals surface area (Å²) >= 11 is 0. The zero-order chi connectivity index (χ0) is 21.1. The molecule has 3 N–H and O–H groups in total. The molecule has 30 heavy (non-hydrogen) atoms. The highest BCUT2D eigenvalue weighted by Gasteiger charge is 2.51. The number of aryl methyl sites for hydroxylation is 1. The largest absolute Gasteiger partial charge is 0.396 e. The molecular weight excluding hydrogens is 382 g/mol. The Morgan fingerprint density at radius 3 is 3.07 bits per heavy atom. The van der Waals surface area contributed by atoms with Crippen molar-refractivity contribution in [3.05, 3.63) is 35.8 Å². The highest BCUT2D eigenvalue weighted by molar-refractivity contribution is 5.87. The Balaban J connectivity index is 1.41. The lowest BCUT2D eigenvalue weighted by molar-refractivity contribution is -0.134. The molecule has 4 heterocycles. The van der Waals surface area contributed by atoms with Crippen molar-refractivity contribution in [1.29, 1.82) is 0 Å². The fraction of sp³-hybridized carbons (Fsp3) is 0.591. The summed E-state index contributed by atoms with van der Waals surface area (Å²) in [6.45, 7) is 4.14. The minimum atomic E-state index is -0.536. The number of carbonyl (C=O) groups excluding carboxylic acids is 2. The van der Waals surface area contributed by atoms with E-state index in [9.17, 15) is 9.59 Å². The predicted octanol–water partition coefficient (Wildman–Crippen LogP) is 0.797. The van der Waals surface area contributed by atoms with Gasteiger partial charge in [0.1, 0.15) is 11.2 Å². The Kier molecular flexibility index (Phi) is 6.06. The lowest BCUT2D eigenvalue weighted by Crippen LogP contribution is -2.57. The fourth-order valence-corrected chi connectivity index (χ4v) is 5.00. The molecule has 2 amide bonds. The highest BCUT2D eigenvalue weighted by atomic mass is 16.3. The van der Waals surface area contributed by atoms with Crippen molar-refractivity contribution in [2.45, 2.75) is 57.0 Å². The Labute approximate surface area is 176 Å². The van der Waals surface area contributed by atoms with Gasteiger partial charge in [0, 0.05) is 38.1 Å². The van der Waals surface area contributed by atoms with Crippen molar-refractivity contribution in [3.63, 3.8) is 0 Å². The van der Waals surface area contributed by atoms with Gasteiger partial charge in [-0.3, -0.25) is 14.5 Å². The van der Waals surface area contributed by atoms with E-state index in [0.717, 1.165) is 42.7 Å². The van der Waals surface area contributed by atoms with E-state index in [1.807, 2.05) is 29.7 Å². The van der Waals surface area contributed by atoms with Crippen LogP contribution in [-0.2, 0) is 16.0 Å². The molecule has 2 atom stereocenters. The van der Waals surface area contributed by atoms with Crippen LogP contribution in [0.3, 0.4) is 0 Å². The summed E-state index contributed by atoms with van der Waals surface area (Å²) in [6.07, 6.45) is 8.05. The van der Waals surface area contributed by atoms with Gasteiger partial charge < -0.3 is 20.1 Å². The number of carbonyl (C=O) groups is 2. The normalized spacial score (nSPS) is 24.0. The minimum Gasteiger partial charge on any atom is -0.396 e. The van der Waals surface area contributed by atoms with Gasteiger partial charge in [-0.05, 0) is 57.2 Å². The molecule has 2 fully saturated rings. The molecule has 162 valence electrons. The molecule has 0 aliphatic carbocycles. The van der Waals surface area contributed by atoms with Crippen LogP contribution in [0.2, 0.25) is 0 Å². The van der Waals surface area contributed by atoms with Crippen molar-refractivity contribution in [3.8, 4) is 0 Å². The molecule has 0 aromatic carbocycles. The van der Waals surface area contributed by atoms with Crippen LogP contribution >= 0.6 is 0 Å². The van der Waals surface area contributed by atoms with E-state index in [4.69, 9.17) is 5.11 Å². The van der Waals surface area contributed by atoms with Crippen LogP contribution in [-0.4, -0.2) is 69.0 Å². The Hall–Kier alpha value is -2.45. The van der Waals surface area contributed by atoms with Crippen LogP contribution in [0.15, 0.2) is 24.5 Å². The summed E-state index contributed by atoms with van der Waals surface area (Å²) in [7, 11) is 0. The minimum absolute atomic E-state index is 0.0321. The summed E-state index contributed by atoms with van der Waals surface area (Å²) in [5.74, 6) is -0.0105. The Morgan fingerprint density at radius 1 is 1.37 bits per heavy atom. The molecule has 8 heteroatoms. The van der Waals surface area contributed by atoms with Crippen molar-refractivity contribution in [2.24, 2.45) is 0 Å². The Bertz CT molecular complexity index is 927. The molecule has 2 aliphatic rings. The number of hydrogen-bond acceptors (Lipinski definition) is 5. The van der Waals surface area contributed by atoms with E-state index in [1.165, 1.54) is 0 Å². The van der Waals surface area contributed by atoms with E-state index < -0.39 is 5.54 Å². The fourth-order valence-electron chi connectivity index (χ4n) is 5.00. The van der Waals surface area contributed by atoms with E-state index in [-0.39, 0.29) is 30.9 Å². The molecular formula is C22H31N5O3. The van der Waals surface area contributed by atoms with E-state index in [1.54, 1.807) is 6.20 Å². The number of pyridine rings is 1. The summed E-state index contributed by atoms with van der Waals surface area (Å²) < 4.78 is 1.96. The van der Waals surface area contributed by atoms with E-state index in [0.29, 0.717) is 25.9 Å². The van der Waals surface area contributed by atoms with Gasteiger partial charge in [-0.25, -0.2) is 4.98 Å². The van der Waals surface area contributed by atoms with Crippen LogP contribution < -0.4 is 10.6 Å². The topological polar surface area (TPSA) is 99.0 Å². The van der Waals surface area contributed by atoms with Gasteiger partial charge in [-0.1, -0.05) is 6.07 Å². The number of piperidine rings is 1. The maximum Gasteiger partial charge on any atom is 0.240 e. The van der Waals surface area contributed by atoms with E-state index >= 15 is 0 Å². The number of rotatable bonds is 7. The van der Waals surface area contributed by atoms with Gasteiger partial charge in [-0.15, -0.1) is 0 Å². The van der Waals surface area contributed by atoms with E-state index in [2.05, 4.69) is 20.5 Å². The molecule has 0 bridgehead atoms. The predicted molar refractivity (Wildman–Crippen MR) is 113 cm³/mol. The zero-order valence-electron chi connectivity index (χ0n) is 17.6. The number of aliphatic hydroxyl groups excluding tert-OH is 1. The van der Waals surface area contributed by atoms with Crippen LogP contribution in [0, 0.1) is 6.92 Å². The average Bonchev–Trinajstić information content (AvgIpc) is 3.30. The summed E-state index contributed by atoms with van der Waals surface area (Å²) in [6, 6.07) is 3.92. The molecule has 0 spiro atoms. The van der Waals surface area contributed by atoms with Gasteiger partial charge >= 0.3 is 0 Å². The van der Waals surface area contributed by atoms with Crippen molar-refractivity contribution < 1.29 is 14.7 Å². The lowest BCUT2D eigenvalue weighted by Gasteiger charge is -2.40. The lowest BCUT2D eigenvalue weighted by atomic mass is 9.84. The number of aliphatic hydroxyl groups is 1. The molecule has 2 aliphatic heterocycles. The molecule has 4 rings (SSSR count). The van der Waals surface area contributed by atoms with Crippen molar-refractivity contribution in [1.82, 2.24) is 24.9 Å². The Morgan fingerprint density at radius 2 is 2.23 bits per heavy atom. The average molecular weight is 414 g/mol. The second-order valence-corrected chi connectivity index (χ2v) is 8.55. The van der Waals surface area contributed by atoms with Gasteiger partial charge in [-0.2, -0.15) is 0 Å². The smallest absolute Gasteiger partial charge is 0.240 e. The third-order valence-corrected chi connectivity index (χ3v) is 6.46. The first-order valence-corrected chi connectivity index (χ1v) is 10.9. The maximum atomic E-state index is 13.0. The van der Waals surface area contributed by atoms with Crippen molar-refractivity contribution in [2.75, 3.05) is 26.2 Å². The highest BCUT2D eigenvalue weighted by Crippen LogP contribution is 2.38. The quantitative estimate of drug-likeness (QED) is 0.583. The molecule has 0 radical (unpaired) electrons. The second kappa shape index (κ2) is 8.73. The standard InChI is InChI=1S/C22H31N5O3/c1-16-6-4-10-27-18(14-24-20(16)27)12-19(29)25-17-13-22(21(30)23-8-5-11-28)7-2-3-9-26(22)15-17/h4,6,10,14,17,28H,2-3,5,7-9,11-13,15H2,1H3,(H,23,30)(H,25,29)/t17-,22-/m0/s1. The van der Waals surface area contributed by atoms with Crippen LogP contribution in [0.5, 0.6) is 0 Å². The molecule has 2 aromatic heterocycles. The summed E-state index contributed by atoms with van der Waals surface area (Å²) in [5, 5.41) is 15.1. The molecule has 2 aromatic rings. The van der Waals surface area contributed by atoms with Crippen LogP contribution in [0.25, 0.3) is 5.65 Å². The maximum absolute atomic E-state index is 13.0. The molecule has 2 saturated heterocycles. The SMILES string of the molecule is Cc1cccn2c(CC(=O)N[C@@H]3CN4CCCC[C@@]4(C(=O)NCCCO)C3)cnc12. The third-order valence-electron chi connectivity index (χ3n) is 6.46. The first-order valence-electron chi connectivity index (χ1n) is 10.9. The van der Waals surface area contributed by atoms with Crippen molar-refractivity contribution >= 4 is 17.5 Å². The first kappa shape index (κ1) is 20.8. The first-order chi connectivity index (χ1) is 14.5. The van der Waals surface area contributed by atoms with Gasteiger partial charge in [0.2, 0.25) is 11.8 Å². The van der Waals surface area contributed by atoms with Crippen LogP contribution in [0.1, 0.15) is 43.4 Å².